The van der Waals surface area contributed by atoms with Crippen LogP contribution < -0.4 is 0 Å². The van der Waals surface area contributed by atoms with Gasteiger partial charge in [-0.25, -0.2) is 0 Å². The summed E-state index contributed by atoms with van der Waals surface area (Å²) in [5.74, 6) is 0.867. The molecule has 1 aliphatic rings. The van der Waals surface area contributed by atoms with Crippen LogP contribution in [0.2, 0.25) is 5.02 Å². The molecule has 1 aromatic rings. The summed E-state index contributed by atoms with van der Waals surface area (Å²) < 4.78 is 1.05. The van der Waals surface area contributed by atoms with E-state index in [2.05, 4.69) is 50.9 Å². The summed E-state index contributed by atoms with van der Waals surface area (Å²) in [6.07, 6.45) is 3.81. The first kappa shape index (κ1) is 12.9. The summed E-state index contributed by atoms with van der Waals surface area (Å²) in [5.41, 5.74) is 1.62. The van der Waals surface area contributed by atoms with Gasteiger partial charge in [0.2, 0.25) is 0 Å². The average molecular weight is 367 g/mol. The summed E-state index contributed by atoms with van der Waals surface area (Å²) in [4.78, 5) is 0. The fourth-order valence-corrected chi connectivity index (χ4v) is 3.58. The summed E-state index contributed by atoms with van der Waals surface area (Å²) in [5, 5.41) is 1.93. The van der Waals surface area contributed by atoms with E-state index in [0.29, 0.717) is 5.41 Å². The summed E-state index contributed by atoms with van der Waals surface area (Å²) in [6.45, 7) is 2.36. The summed E-state index contributed by atoms with van der Waals surface area (Å²) in [6, 6.07) is 6.19. The third-order valence-electron chi connectivity index (χ3n) is 3.48. The average Bonchev–Trinajstić information content (AvgIpc) is 3.06. The Labute approximate surface area is 119 Å². The van der Waals surface area contributed by atoms with E-state index in [4.69, 9.17) is 11.6 Å². The van der Waals surface area contributed by atoms with Gasteiger partial charge in [-0.1, -0.05) is 56.5 Å². The zero-order chi connectivity index (χ0) is 11.8. The van der Waals surface area contributed by atoms with E-state index >= 15 is 0 Å². The maximum atomic E-state index is 6.27. The second-order valence-corrected chi connectivity index (χ2v) is 6.86. The third-order valence-corrected chi connectivity index (χ3v) is 5.60. The van der Waals surface area contributed by atoms with Gasteiger partial charge in [-0.3, -0.25) is 0 Å². The molecular weight excluding hydrogens is 351 g/mol. The normalized spacial score (nSPS) is 19.5. The van der Waals surface area contributed by atoms with E-state index in [1.54, 1.807) is 0 Å². The van der Waals surface area contributed by atoms with Crippen LogP contribution in [-0.2, 0) is 6.42 Å². The SMILES string of the molecule is CC(CBr)(Cc1ccc(Br)cc1Cl)C1CC1. The molecular formula is C13H15Br2Cl. The molecule has 0 amide bonds. The van der Waals surface area contributed by atoms with Crippen molar-refractivity contribution in [2.45, 2.75) is 26.2 Å². The van der Waals surface area contributed by atoms with Crippen molar-refractivity contribution in [2.24, 2.45) is 11.3 Å². The lowest BCUT2D eigenvalue weighted by molar-refractivity contribution is 0.319. The molecule has 0 radical (unpaired) electrons. The number of hydrogen-bond acceptors (Lipinski definition) is 0. The lowest BCUT2D eigenvalue weighted by Gasteiger charge is -2.28. The molecule has 0 heterocycles. The smallest absolute Gasteiger partial charge is 0.0449 e. The van der Waals surface area contributed by atoms with Gasteiger partial charge in [0.1, 0.15) is 0 Å². The molecule has 16 heavy (non-hydrogen) atoms. The number of benzene rings is 1. The third kappa shape index (κ3) is 2.83. The maximum Gasteiger partial charge on any atom is 0.0449 e. The fourth-order valence-electron chi connectivity index (χ4n) is 2.18. The minimum absolute atomic E-state index is 0.359. The van der Waals surface area contributed by atoms with Crippen molar-refractivity contribution in [3.63, 3.8) is 0 Å². The molecule has 0 N–H and O–H groups in total. The van der Waals surface area contributed by atoms with Gasteiger partial charge < -0.3 is 0 Å². The van der Waals surface area contributed by atoms with Crippen LogP contribution in [0, 0.1) is 11.3 Å². The summed E-state index contributed by atoms with van der Waals surface area (Å²) >= 11 is 13.4. The Hall–Kier alpha value is 0.470. The number of halogens is 3. The summed E-state index contributed by atoms with van der Waals surface area (Å²) in [7, 11) is 0. The number of rotatable bonds is 4. The number of hydrogen-bond donors (Lipinski definition) is 0. The molecule has 88 valence electrons. The quantitative estimate of drug-likeness (QED) is 0.621. The van der Waals surface area contributed by atoms with Crippen molar-refractivity contribution in [3.8, 4) is 0 Å². The highest BCUT2D eigenvalue weighted by Gasteiger charge is 2.40. The van der Waals surface area contributed by atoms with Gasteiger partial charge in [0.25, 0.3) is 0 Å². The van der Waals surface area contributed by atoms with Crippen LogP contribution in [-0.4, -0.2) is 5.33 Å². The van der Waals surface area contributed by atoms with Crippen LogP contribution in [0.25, 0.3) is 0 Å². The van der Waals surface area contributed by atoms with Crippen LogP contribution >= 0.6 is 43.5 Å². The van der Waals surface area contributed by atoms with Crippen LogP contribution in [0.1, 0.15) is 25.3 Å². The Bertz CT molecular complexity index is 388. The first-order chi connectivity index (χ1) is 7.55. The molecule has 1 aliphatic carbocycles. The van der Waals surface area contributed by atoms with Gasteiger partial charge in [0, 0.05) is 14.8 Å². The molecule has 0 nitrogen and oxygen atoms in total. The second-order valence-electron chi connectivity index (χ2n) is 4.97. The van der Waals surface area contributed by atoms with Gasteiger partial charge in [-0.2, -0.15) is 0 Å². The van der Waals surface area contributed by atoms with Crippen molar-refractivity contribution in [1.29, 1.82) is 0 Å². The first-order valence-electron chi connectivity index (χ1n) is 5.55. The van der Waals surface area contributed by atoms with Crippen LogP contribution in [0.5, 0.6) is 0 Å². The van der Waals surface area contributed by atoms with Gasteiger partial charge >= 0.3 is 0 Å². The van der Waals surface area contributed by atoms with Crippen LogP contribution in [0.15, 0.2) is 22.7 Å². The molecule has 1 atom stereocenters. The van der Waals surface area contributed by atoms with E-state index < -0.39 is 0 Å². The van der Waals surface area contributed by atoms with Crippen LogP contribution in [0.3, 0.4) is 0 Å². The Morgan fingerprint density at radius 1 is 1.44 bits per heavy atom. The van der Waals surface area contributed by atoms with Crippen LogP contribution in [0.4, 0.5) is 0 Å². The lowest BCUT2D eigenvalue weighted by Crippen LogP contribution is -2.24. The van der Waals surface area contributed by atoms with Gasteiger partial charge in [0.05, 0.1) is 0 Å². The molecule has 0 bridgehead atoms. The molecule has 1 unspecified atom stereocenters. The predicted molar refractivity (Wildman–Crippen MR) is 77.5 cm³/mol. The molecule has 2 rings (SSSR count). The molecule has 0 aliphatic heterocycles. The highest BCUT2D eigenvalue weighted by Crippen LogP contribution is 2.48. The predicted octanol–water partition coefficient (Wildman–Crippen LogP) is 5.46. The standard InChI is InChI=1S/C13H15Br2Cl/c1-13(8-14,10-3-4-10)7-9-2-5-11(15)6-12(9)16/h2,5-6,10H,3-4,7-8H2,1H3. The van der Waals surface area contributed by atoms with Crippen molar-refractivity contribution in [3.05, 3.63) is 33.3 Å². The zero-order valence-electron chi connectivity index (χ0n) is 9.27. The van der Waals surface area contributed by atoms with Gasteiger partial charge in [-0.05, 0) is 48.3 Å². The molecule has 0 aromatic heterocycles. The minimum atomic E-state index is 0.359. The molecule has 1 aromatic carbocycles. The van der Waals surface area contributed by atoms with E-state index in [-0.39, 0.29) is 0 Å². The van der Waals surface area contributed by atoms with Gasteiger partial charge in [-0.15, -0.1) is 0 Å². The monoisotopic (exact) mass is 364 g/mol. The number of alkyl halides is 1. The molecule has 3 heteroatoms. The molecule has 0 spiro atoms. The van der Waals surface area contributed by atoms with E-state index in [1.807, 2.05) is 6.07 Å². The Morgan fingerprint density at radius 3 is 2.62 bits per heavy atom. The molecule has 1 fully saturated rings. The molecule has 0 saturated heterocycles. The topological polar surface area (TPSA) is 0 Å². The van der Waals surface area contributed by atoms with E-state index in [1.165, 1.54) is 18.4 Å². The lowest BCUT2D eigenvalue weighted by atomic mass is 9.81. The largest absolute Gasteiger partial charge is 0.0922 e. The maximum absolute atomic E-state index is 6.27. The highest BCUT2D eigenvalue weighted by molar-refractivity contribution is 9.10. The minimum Gasteiger partial charge on any atom is -0.0922 e. The fraction of sp³-hybridized carbons (Fsp3) is 0.538. The first-order valence-corrected chi connectivity index (χ1v) is 7.84. The Balaban J connectivity index is 2.18. The Morgan fingerprint density at radius 2 is 2.12 bits per heavy atom. The van der Waals surface area contributed by atoms with Crippen molar-refractivity contribution >= 4 is 43.5 Å². The second kappa shape index (κ2) is 4.99. The van der Waals surface area contributed by atoms with Gasteiger partial charge in [0.15, 0.2) is 0 Å². The van der Waals surface area contributed by atoms with E-state index in [0.717, 1.165) is 27.2 Å². The highest BCUT2D eigenvalue weighted by atomic mass is 79.9. The zero-order valence-corrected chi connectivity index (χ0v) is 13.2. The molecule has 1 saturated carbocycles. The van der Waals surface area contributed by atoms with Crippen molar-refractivity contribution in [1.82, 2.24) is 0 Å². The van der Waals surface area contributed by atoms with Crippen molar-refractivity contribution < 1.29 is 0 Å². The van der Waals surface area contributed by atoms with Crippen molar-refractivity contribution in [2.75, 3.05) is 5.33 Å². The van der Waals surface area contributed by atoms with E-state index in [9.17, 15) is 0 Å². The Kier molecular flexibility index (Phi) is 4.03.